The molecule has 2 aliphatic carbocycles. The summed E-state index contributed by atoms with van der Waals surface area (Å²) in [6.07, 6.45) is 19.6. The van der Waals surface area contributed by atoms with Crippen molar-refractivity contribution in [2.75, 3.05) is 36.0 Å². The molecule has 2 saturated heterocycles. The number of aryl methyl sites for hydroxylation is 2. The molecule has 2 aromatic heterocycles. The molecule has 4 fully saturated rings. The lowest BCUT2D eigenvalue weighted by Gasteiger charge is -2.40. The van der Waals surface area contributed by atoms with Gasteiger partial charge in [0, 0.05) is 73.9 Å². The van der Waals surface area contributed by atoms with Gasteiger partial charge >= 0.3 is 12.1 Å². The molecule has 4 aliphatic rings. The topological polar surface area (TPSA) is 131 Å². The van der Waals surface area contributed by atoms with E-state index < -0.39 is 0 Å². The predicted molar refractivity (Wildman–Crippen MR) is 247 cm³/mol. The molecule has 2 N–H and O–H groups in total. The summed E-state index contributed by atoms with van der Waals surface area (Å²) < 4.78 is 0. The van der Waals surface area contributed by atoms with Gasteiger partial charge in [0.1, 0.15) is 0 Å². The Morgan fingerprint density at radius 1 is 0.524 bits per heavy atom. The number of urea groups is 2. The van der Waals surface area contributed by atoms with Crippen LogP contribution in [-0.2, 0) is 0 Å². The SMILES string of the molecule is Cc1ccc(C(=O)N(c2cccnc2)C2CCN(C(=O)NC3CCC(CC4CCC(NC(=O)N5CCC(N(C(=O)c6ccc(C)cc6)c6cccnc6)CC5)CC4)CC3)CC2)cc1. The highest BCUT2D eigenvalue weighted by Gasteiger charge is 2.35. The molecule has 332 valence electrons. The van der Waals surface area contributed by atoms with Crippen molar-refractivity contribution < 1.29 is 19.2 Å². The molecule has 8 rings (SSSR count). The van der Waals surface area contributed by atoms with Crippen molar-refractivity contribution in [1.82, 2.24) is 30.4 Å². The summed E-state index contributed by atoms with van der Waals surface area (Å²) in [5, 5.41) is 6.71. The van der Waals surface area contributed by atoms with E-state index in [4.69, 9.17) is 0 Å². The number of anilines is 2. The molecule has 4 heterocycles. The number of rotatable bonds is 10. The molecule has 2 saturated carbocycles. The third-order valence-electron chi connectivity index (χ3n) is 14.1. The van der Waals surface area contributed by atoms with Crippen molar-refractivity contribution in [2.45, 2.75) is 121 Å². The monoisotopic (exact) mass is 853 g/mol. The lowest BCUT2D eigenvalue weighted by Crippen LogP contribution is -2.53. The van der Waals surface area contributed by atoms with E-state index in [-0.39, 0.29) is 48.0 Å². The van der Waals surface area contributed by atoms with E-state index in [1.54, 1.807) is 24.8 Å². The van der Waals surface area contributed by atoms with E-state index in [9.17, 15) is 19.2 Å². The van der Waals surface area contributed by atoms with Crippen LogP contribution in [0.2, 0.25) is 0 Å². The van der Waals surface area contributed by atoms with Gasteiger partial charge in [0.2, 0.25) is 0 Å². The van der Waals surface area contributed by atoms with Crippen LogP contribution < -0.4 is 20.4 Å². The van der Waals surface area contributed by atoms with E-state index in [0.29, 0.717) is 74.8 Å². The van der Waals surface area contributed by atoms with Gasteiger partial charge in [0.25, 0.3) is 11.8 Å². The Bertz CT molecular complexity index is 1970. The van der Waals surface area contributed by atoms with Gasteiger partial charge in [-0.2, -0.15) is 0 Å². The Kier molecular flexibility index (Phi) is 14.3. The number of likely N-dealkylation sites (tertiary alicyclic amines) is 2. The highest BCUT2D eigenvalue weighted by molar-refractivity contribution is 6.07. The van der Waals surface area contributed by atoms with Crippen molar-refractivity contribution in [3.05, 3.63) is 120 Å². The van der Waals surface area contributed by atoms with Gasteiger partial charge < -0.3 is 30.2 Å². The van der Waals surface area contributed by atoms with Gasteiger partial charge in [-0.1, -0.05) is 35.4 Å². The maximum atomic E-state index is 13.8. The second kappa shape index (κ2) is 20.6. The van der Waals surface area contributed by atoms with Crippen molar-refractivity contribution in [3.8, 4) is 0 Å². The molecule has 2 aromatic carbocycles. The van der Waals surface area contributed by atoms with Crippen LogP contribution in [0.1, 0.15) is 115 Å². The number of nitrogens with one attached hydrogen (secondary N) is 2. The Morgan fingerprint density at radius 3 is 1.22 bits per heavy atom. The molecule has 12 heteroatoms. The second-order valence-electron chi connectivity index (χ2n) is 18.5. The Hall–Kier alpha value is -5.78. The van der Waals surface area contributed by atoms with Gasteiger partial charge in [0.15, 0.2) is 0 Å². The number of carbonyl (C=O) groups excluding carboxylic acids is 4. The second-order valence-corrected chi connectivity index (χ2v) is 18.5. The summed E-state index contributed by atoms with van der Waals surface area (Å²) >= 11 is 0. The third-order valence-corrected chi connectivity index (χ3v) is 14.1. The van der Waals surface area contributed by atoms with Crippen molar-refractivity contribution in [3.63, 3.8) is 0 Å². The van der Waals surface area contributed by atoms with Crippen LogP contribution in [0, 0.1) is 25.7 Å². The summed E-state index contributed by atoms with van der Waals surface area (Å²) in [5.74, 6) is 1.29. The standard InChI is InChI=1S/C51H64N8O4/c1-36-7-15-40(16-8-36)48(60)58(46-5-3-27-52-34-46)44-23-29-56(30-24-44)50(62)54-42-19-11-38(12-20-42)33-39-13-21-43(22-14-39)55-51(63)57-31-25-45(26-32-57)59(47-6-4-28-53-35-47)49(61)41-17-9-37(2)10-18-41/h3-10,15-18,27-28,34-35,38-39,42-45H,11-14,19-26,29-33H2,1-2H3,(H,54,62)(H,55,63). The number of hydrogen-bond donors (Lipinski definition) is 2. The number of benzene rings is 2. The average Bonchev–Trinajstić information content (AvgIpc) is 3.32. The Morgan fingerprint density at radius 2 is 0.889 bits per heavy atom. The zero-order valence-electron chi connectivity index (χ0n) is 37.0. The van der Waals surface area contributed by atoms with Crippen LogP contribution in [0.4, 0.5) is 21.0 Å². The molecule has 0 unspecified atom stereocenters. The number of amides is 6. The first-order valence-electron chi connectivity index (χ1n) is 23.4. The van der Waals surface area contributed by atoms with Crippen LogP contribution in [0.5, 0.6) is 0 Å². The lowest BCUT2D eigenvalue weighted by molar-refractivity contribution is 0.0955. The lowest BCUT2D eigenvalue weighted by atomic mass is 9.75. The minimum atomic E-state index is -0.0368. The van der Waals surface area contributed by atoms with Crippen LogP contribution in [-0.4, -0.2) is 94.0 Å². The summed E-state index contributed by atoms with van der Waals surface area (Å²) in [6.45, 7) is 6.45. The van der Waals surface area contributed by atoms with Crippen LogP contribution in [0.25, 0.3) is 0 Å². The maximum Gasteiger partial charge on any atom is 0.317 e. The Labute approximate surface area is 372 Å². The van der Waals surface area contributed by atoms with E-state index in [0.717, 1.165) is 73.9 Å². The van der Waals surface area contributed by atoms with Gasteiger partial charge in [-0.15, -0.1) is 0 Å². The van der Waals surface area contributed by atoms with Gasteiger partial charge in [-0.3, -0.25) is 19.6 Å². The highest BCUT2D eigenvalue weighted by Crippen LogP contribution is 2.36. The average molecular weight is 853 g/mol. The number of aromatic nitrogens is 2. The molecule has 0 atom stereocenters. The molecule has 12 nitrogen and oxygen atoms in total. The van der Waals surface area contributed by atoms with Crippen molar-refractivity contribution >= 4 is 35.3 Å². The fraction of sp³-hybridized carbons (Fsp3) is 0.490. The summed E-state index contributed by atoms with van der Waals surface area (Å²) in [5.41, 5.74) is 5.09. The normalized spacial score (nSPS) is 22.2. The summed E-state index contributed by atoms with van der Waals surface area (Å²) in [7, 11) is 0. The molecule has 0 bridgehead atoms. The highest BCUT2D eigenvalue weighted by atomic mass is 16.2. The number of piperidine rings is 2. The minimum Gasteiger partial charge on any atom is -0.335 e. The largest absolute Gasteiger partial charge is 0.335 e. The predicted octanol–water partition coefficient (Wildman–Crippen LogP) is 8.94. The minimum absolute atomic E-state index is 0.0133. The Balaban J connectivity index is 0.732. The van der Waals surface area contributed by atoms with Crippen LogP contribution in [0.15, 0.2) is 97.6 Å². The summed E-state index contributed by atoms with van der Waals surface area (Å²) in [6, 6.07) is 23.4. The number of nitrogens with zero attached hydrogens (tertiary/aromatic N) is 6. The molecule has 4 aromatic rings. The number of carbonyl (C=O) groups is 4. The van der Waals surface area contributed by atoms with Gasteiger partial charge in [0.05, 0.1) is 23.8 Å². The van der Waals surface area contributed by atoms with E-state index >= 15 is 0 Å². The fourth-order valence-electron chi connectivity index (χ4n) is 10.4. The summed E-state index contributed by atoms with van der Waals surface area (Å²) in [4.78, 5) is 70.7. The molecule has 6 amide bonds. The molecular formula is C51H64N8O4. The van der Waals surface area contributed by atoms with Gasteiger partial charge in [-0.05, 0) is 158 Å². The van der Waals surface area contributed by atoms with E-state index in [2.05, 4.69) is 20.6 Å². The van der Waals surface area contributed by atoms with Gasteiger partial charge in [-0.25, -0.2) is 9.59 Å². The molecule has 2 aliphatic heterocycles. The maximum absolute atomic E-state index is 13.8. The third kappa shape index (κ3) is 11.1. The smallest absolute Gasteiger partial charge is 0.317 e. The molecule has 0 spiro atoms. The molecule has 0 radical (unpaired) electrons. The first-order valence-corrected chi connectivity index (χ1v) is 23.4. The van der Waals surface area contributed by atoms with E-state index in [1.165, 1.54) is 6.42 Å². The van der Waals surface area contributed by atoms with Crippen LogP contribution >= 0.6 is 0 Å². The molecule has 63 heavy (non-hydrogen) atoms. The zero-order valence-corrected chi connectivity index (χ0v) is 37.0. The first kappa shape index (κ1) is 43.9. The van der Waals surface area contributed by atoms with E-state index in [1.807, 2.05) is 106 Å². The van der Waals surface area contributed by atoms with Crippen molar-refractivity contribution in [1.29, 1.82) is 0 Å². The molecular weight excluding hydrogens is 789 g/mol. The number of hydrogen-bond acceptors (Lipinski definition) is 6. The van der Waals surface area contributed by atoms with Crippen molar-refractivity contribution in [2.24, 2.45) is 11.8 Å². The zero-order chi connectivity index (χ0) is 43.7. The van der Waals surface area contributed by atoms with Crippen LogP contribution in [0.3, 0.4) is 0 Å². The first-order chi connectivity index (χ1) is 30.7. The fourth-order valence-corrected chi connectivity index (χ4v) is 10.4. The number of pyridine rings is 2. The quantitative estimate of drug-likeness (QED) is 0.164.